The maximum absolute atomic E-state index is 13.4. The number of nitrogens with zero attached hydrogens (tertiary/aromatic N) is 5. The molecule has 0 radical (unpaired) electrons. The van der Waals surface area contributed by atoms with E-state index in [2.05, 4.69) is 9.97 Å². The Morgan fingerprint density at radius 2 is 2.03 bits per heavy atom. The Morgan fingerprint density at radius 1 is 1.27 bits per heavy atom. The van der Waals surface area contributed by atoms with Crippen molar-refractivity contribution in [1.29, 1.82) is 0 Å². The van der Waals surface area contributed by atoms with E-state index < -0.39 is 29.3 Å². The second-order valence-corrected chi connectivity index (χ2v) is 9.68. The van der Waals surface area contributed by atoms with Crippen LogP contribution >= 0.6 is 0 Å². The fraction of sp³-hybridized carbons (Fsp3) is 0.579. The Bertz CT molecular complexity index is 1130. The molecule has 0 saturated carbocycles. The fourth-order valence-corrected chi connectivity index (χ4v) is 5.26. The van der Waals surface area contributed by atoms with Crippen LogP contribution in [0.4, 0.5) is 18.9 Å². The second-order valence-electron chi connectivity index (χ2n) is 8.14. The minimum Gasteiger partial charge on any atom is -0.481 e. The lowest BCUT2D eigenvalue weighted by molar-refractivity contribution is -0.134. The highest BCUT2D eigenvalue weighted by Crippen LogP contribution is 2.38. The molecule has 2 unspecified atom stereocenters. The van der Waals surface area contributed by atoms with Gasteiger partial charge in [0.1, 0.15) is 6.54 Å². The minimum absolute atomic E-state index is 0.120. The quantitative estimate of drug-likeness (QED) is 0.654. The van der Waals surface area contributed by atoms with Crippen molar-refractivity contribution < 1.29 is 31.4 Å². The number of fused-ring (bicyclic) bond motifs is 3. The molecule has 2 aliphatic rings. The lowest BCUT2D eigenvalue weighted by atomic mass is 10.0. The SMILES string of the molecule is COc1ccc2c3c(cnc2n1)N(CC(F)(F)F)C(O)N(C1CCCN(S(N)(=O)=O)CC1)C3. The summed E-state index contributed by atoms with van der Waals surface area (Å²) >= 11 is 0. The first-order valence-electron chi connectivity index (χ1n) is 10.4. The molecule has 2 aromatic rings. The van der Waals surface area contributed by atoms with E-state index in [9.17, 15) is 26.7 Å². The molecule has 14 heteroatoms. The summed E-state index contributed by atoms with van der Waals surface area (Å²) in [6.07, 6.45) is -3.57. The molecule has 4 rings (SSSR count). The number of alkyl halides is 3. The number of aliphatic hydroxyl groups is 1. The zero-order valence-electron chi connectivity index (χ0n) is 17.9. The molecule has 2 atom stereocenters. The van der Waals surface area contributed by atoms with Crippen LogP contribution in [0.5, 0.6) is 5.88 Å². The monoisotopic (exact) mass is 490 g/mol. The van der Waals surface area contributed by atoms with Gasteiger partial charge in [-0.15, -0.1) is 0 Å². The van der Waals surface area contributed by atoms with Gasteiger partial charge in [-0.1, -0.05) is 0 Å². The van der Waals surface area contributed by atoms with Crippen molar-refractivity contribution in [3.8, 4) is 5.88 Å². The summed E-state index contributed by atoms with van der Waals surface area (Å²) in [6, 6.07) is 2.93. The van der Waals surface area contributed by atoms with E-state index in [0.29, 0.717) is 41.7 Å². The minimum atomic E-state index is -4.57. The number of rotatable bonds is 4. The summed E-state index contributed by atoms with van der Waals surface area (Å²) in [4.78, 5) is 10.9. The van der Waals surface area contributed by atoms with Crippen LogP contribution in [0.15, 0.2) is 18.3 Å². The van der Waals surface area contributed by atoms with Crippen molar-refractivity contribution in [2.45, 2.75) is 44.4 Å². The van der Waals surface area contributed by atoms with Crippen molar-refractivity contribution in [2.75, 3.05) is 31.6 Å². The predicted octanol–water partition coefficient (Wildman–Crippen LogP) is 1.16. The summed E-state index contributed by atoms with van der Waals surface area (Å²) in [5, 5.41) is 16.8. The maximum Gasteiger partial charge on any atom is 0.406 e. The zero-order valence-corrected chi connectivity index (χ0v) is 18.7. The fourth-order valence-electron chi connectivity index (χ4n) is 4.51. The Balaban J connectivity index is 1.73. The standard InChI is InChI=1S/C19H25F3N6O4S/c1-32-16-5-4-13-14-10-27(12-3-2-7-26(8-6-12)33(23,30)31)18(29)28(11-19(20,21)22)15(14)9-24-17(13)25-16/h4-5,9,12,18,29H,2-3,6-8,10-11H2,1H3,(H2,23,30,31). The van der Waals surface area contributed by atoms with Gasteiger partial charge in [-0.3, -0.25) is 4.90 Å². The molecule has 10 nitrogen and oxygen atoms in total. The van der Waals surface area contributed by atoms with Gasteiger partial charge in [-0.25, -0.2) is 10.1 Å². The first kappa shape index (κ1) is 23.9. The highest BCUT2D eigenvalue weighted by atomic mass is 32.2. The van der Waals surface area contributed by atoms with Crippen LogP contribution in [0, 0.1) is 0 Å². The summed E-state index contributed by atoms with van der Waals surface area (Å²) in [5.74, 6) is 0.321. The molecular weight excluding hydrogens is 465 g/mol. The Morgan fingerprint density at radius 3 is 2.70 bits per heavy atom. The molecule has 0 spiro atoms. The molecule has 2 aliphatic heterocycles. The van der Waals surface area contributed by atoms with Crippen molar-refractivity contribution >= 4 is 26.9 Å². The molecule has 0 amide bonds. The first-order chi connectivity index (χ1) is 15.5. The molecule has 2 aromatic heterocycles. The molecule has 33 heavy (non-hydrogen) atoms. The third kappa shape index (κ3) is 4.99. The Labute approximate surface area is 188 Å². The summed E-state index contributed by atoms with van der Waals surface area (Å²) in [6.45, 7) is -0.879. The molecule has 0 aliphatic carbocycles. The number of ether oxygens (including phenoxy) is 1. The van der Waals surface area contributed by atoms with Crippen molar-refractivity contribution in [1.82, 2.24) is 19.2 Å². The zero-order chi connectivity index (χ0) is 24.0. The first-order valence-corrected chi connectivity index (χ1v) is 11.9. The van der Waals surface area contributed by atoms with E-state index in [1.807, 2.05) is 0 Å². The van der Waals surface area contributed by atoms with Gasteiger partial charge in [0.05, 0.1) is 19.0 Å². The van der Waals surface area contributed by atoms with Gasteiger partial charge in [0.2, 0.25) is 5.88 Å². The molecule has 3 N–H and O–H groups in total. The number of hydrogen-bond donors (Lipinski definition) is 2. The molecule has 4 heterocycles. The van der Waals surface area contributed by atoms with E-state index in [0.717, 1.165) is 9.21 Å². The Kier molecular flexibility index (Phi) is 6.39. The summed E-state index contributed by atoms with van der Waals surface area (Å²) < 4.78 is 70.0. The molecule has 1 fully saturated rings. The number of aliphatic hydroxyl groups excluding tert-OH is 1. The molecule has 1 saturated heterocycles. The van der Waals surface area contributed by atoms with E-state index in [1.165, 1.54) is 13.3 Å². The number of methoxy groups -OCH3 is 1. The highest BCUT2D eigenvalue weighted by molar-refractivity contribution is 7.86. The van der Waals surface area contributed by atoms with Gasteiger partial charge in [-0.2, -0.15) is 30.9 Å². The smallest absolute Gasteiger partial charge is 0.406 e. The van der Waals surface area contributed by atoms with E-state index in [4.69, 9.17) is 9.88 Å². The average molecular weight is 491 g/mol. The van der Waals surface area contributed by atoms with E-state index in [-0.39, 0.29) is 31.4 Å². The molecule has 0 aromatic carbocycles. The van der Waals surface area contributed by atoms with Gasteiger partial charge in [0, 0.05) is 42.7 Å². The number of halogens is 3. The molecule has 0 bridgehead atoms. The number of pyridine rings is 2. The van der Waals surface area contributed by atoms with Crippen LogP contribution in [0.25, 0.3) is 11.0 Å². The van der Waals surface area contributed by atoms with Crippen molar-refractivity contribution in [3.63, 3.8) is 0 Å². The Hall–Kier alpha value is -2.26. The van der Waals surface area contributed by atoms with Gasteiger partial charge < -0.3 is 14.7 Å². The van der Waals surface area contributed by atoms with Crippen molar-refractivity contribution in [3.05, 3.63) is 23.9 Å². The van der Waals surface area contributed by atoms with Crippen molar-refractivity contribution in [2.24, 2.45) is 5.14 Å². The van der Waals surface area contributed by atoms with Gasteiger partial charge in [0.25, 0.3) is 10.2 Å². The van der Waals surface area contributed by atoms with Crippen LogP contribution in [0.2, 0.25) is 0 Å². The van der Waals surface area contributed by atoms with Crippen LogP contribution < -0.4 is 14.8 Å². The van der Waals surface area contributed by atoms with Crippen LogP contribution in [0.1, 0.15) is 24.8 Å². The topological polar surface area (TPSA) is 125 Å². The van der Waals surface area contributed by atoms with Gasteiger partial charge in [0.15, 0.2) is 12.0 Å². The molecular formula is C19H25F3N6O4S. The lowest BCUT2D eigenvalue weighted by Gasteiger charge is -2.46. The van der Waals surface area contributed by atoms with Crippen LogP contribution in [-0.4, -0.2) is 78.0 Å². The third-order valence-corrected chi connectivity index (χ3v) is 7.15. The average Bonchev–Trinajstić information content (AvgIpc) is 3.00. The lowest BCUT2D eigenvalue weighted by Crippen LogP contribution is -2.57. The highest BCUT2D eigenvalue weighted by Gasteiger charge is 2.42. The van der Waals surface area contributed by atoms with E-state index in [1.54, 1.807) is 17.0 Å². The summed E-state index contributed by atoms with van der Waals surface area (Å²) in [7, 11) is -2.42. The number of nitrogens with two attached hydrogens (primary N) is 1. The largest absolute Gasteiger partial charge is 0.481 e. The third-order valence-electron chi connectivity index (χ3n) is 6.06. The van der Waals surface area contributed by atoms with Crippen LogP contribution in [-0.2, 0) is 16.8 Å². The number of aromatic nitrogens is 2. The molecule has 182 valence electrons. The predicted molar refractivity (Wildman–Crippen MR) is 113 cm³/mol. The maximum atomic E-state index is 13.4. The van der Waals surface area contributed by atoms with E-state index >= 15 is 0 Å². The number of anilines is 1. The van der Waals surface area contributed by atoms with Gasteiger partial charge in [-0.05, 0) is 25.3 Å². The summed E-state index contributed by atoms with van der Waals surface area (Å²) in [5.41, 5.74) is 1.05. The second kappa shape index (κ2) is 8.83. The normalized spacial score (nSPS) is 23.4. The van der Waals surface area contributed by atoms with Gasteiger partial charge >= 0.3 is 6.18 Å². The number of hydrogen-bond acceptors (Lipinski definition) is 8. The van der Waals surface area contributed by atoms with Crippen LogP contribution in [0.3, 0.4) is 0 Å².